The van der Waals surface area contributed by atoms with Gasteiger partial charge in [0.1, 0.15) is 17.6 Å². The van der Waals surface area contributed by atoms with Crippen molar-refractivity contribution in [2.75, 3.05) is 5.32 Å². The molecule has 2 N–H and O–H groups in total. The van der Waals surface area contributed by atoms with Crippen LogP contribution in [-0.4, -0.2) is 23.1 Å². The van der Waals surface area contributed by atoms with Gasteiger partial charge in [-0.25, -0.2) is 4.79 Å². The van der Waals surface area contributed by atoms with Gasteiger partial charge in [0, 0.05) is 11.3 Å². The summed E-state index contributed by atoms with van der Waals surface area (Å²) >= 11 is 0. The lowest BCUT2D eigenvalue weighted by Gasteiger charge is -2.20. The van der Waals surface area contributed by atoms with Gasteiger partial charge in [-0.2, -0.15) is 0 Å². The van der Waals surface area contributed by atoms with Crippen LogP contribution >= 0.6 is 0 Å². The third-order valence-electron chi connectivity index (χ3n) is 3.19. The summed E-state index contributed by atoms with van der Waals surface area (Å²) in [6.45, 7) is 5.33. The van der Waals surface area contributed by atoms with Gasteiger partial charge in [-0.15, -0.1) is 0 Å². The largest absolute Gasteiger partial charge is 0.508 e. The first kappa shape index (κ1) is 14.4. The van der Waals surface area contributed by atoms with Crippen LogP contribution in [0.3, 0.4) is 0 Å². The summed E-state index contributed by atoms with van der Waals surface area (Å²) in [6.07, 6.45) is 1.74. The molecule has 0 aliphatic heterocycles. The van der Waals surface area contributed by atoms with Crippen LogP contribution in [0.1, 0.15) is 39.2 Å². The minimum absolute atomic E-state index is 0.0735. The molecule has 1 fully saturated rings. The Morgan fingerprint density at radius 1 is 1.40 bits per heavy atom. The van der Waals surface area contributed by atoms with Gasteiger partial charge in [0.05, 0.1) is 5.41 Å². The number of anilines is 1. The number of phenolic OH excluding ortho intramolecular Hbond substituents is 1. The fourth-order valence-corrected chi connectivity index (χ4v) is 2.02. The highest BCUT2D eigenvalue weighted by Gasteiger charge is 2.46. The van der Waals surface area contributed by atoms with Crippen molar-refractivity contribution in [3.8, 4) is 5.75 Å². The molecule has 108 valence electrons. The standard InChI is InChI=1S/C15H19NO4/c1-14(2,3)20-13(19)16-10-4-5-12(18)11(8-10)15(9-17)6-7-15/h4-5,8-9,18H,6-7H2,1-3H3,(H,16,19). The third kappa shape index (κ3) is 3.10. The van der Waals surface area contributed by atoms with Crippen LogP contribution in [0.4, 0.5) is 10.5 Å². The lowest BCUT2D eigenvalue weighted by atomic mass is 9.96. The molecule has 20 heavy (non-hydrogen) atoms. The van der Waals surface area contributed by atoms with E-state index in [2.05, 4.69) is 5.32 Å². The molecule has 0 aromatic heterocycles. The topological polar surface area (TPSA) is 75.6 Å². The second kappa shape index (κ2) is 4.81. The highest BCUT2D eigenvalue weighted by atomic mass is 16.6. The molecule has 0 heterocycles. The van der Waals surface area contributed by atoms with Crippen molar-refractivity contribution in [3.63, 3.8) is 0 Å². The molecule has 0 unspecified atom stereocenters. The molecule has 1 aliphatic rings. The number of rotatable bonds is 3. The molecule has 0 radical (unpaired) electrons. The number of amides is 1. The number of aromatic hydroxyl groups is 1. The zero-order chi connectivity index (χ0) is 15.0. The van der Waals surface area contributed by atoms with Crippen molar-refractivity contribution in [2.24, 2.45) is 0 Å². The number of hydrogen-bond acceptors (Lipinski definition) is 4. The number of carbonyl (C=O) groups is 2. The van der Waals surface area contributed by atoms with Gasteiger partial charge in [-0.1, -0.05) is 0 Å². The highest BCUT2D eigenvalue weighted by Crippen LogP contribution is 2.49. The van der Waals surface area contributed by atoms with E-state index < -0.39 is 17.1 Å². The van der Waals surface area contributed by atoms with Gasteiger partial charge in [0.25, 0.3) is 0 Å². The molecule has 0 bridgehead atoms. The van der Waals surface area contributed by atoms with Crippen LogP contribution in [0, 0.1) is 0 Å². The van der Waals surface area contributed by atoms with Gasteiger partial charge >= 0.3 is 6.09 Å². The second-order valence-corrected chi connectivity index (χ2v) is 6.13. The fraction of sp³-hybridized carbons (Fsp3) is 0.467. The molecule has 1 saturated carbocycles. The molecule has 0 atom stereocenters. The van der Waals surface area contributed by atoms with Gasteiger partial charge in [0.15, 0.2) is 0 Å². The Hall–Kier alpha value is -2.04. The molecule has 1 amide bonds. The van der Waals surface area contributed by atoms with Crippen LogP contribution in [0.5, 0.6) is 5.75 Å². The summed E-state index contributed by atoms with van der Waals surface area (Å²) in [7, 11) is 0. The fourth-order valence-electron chi connectivity index (χ4n) is 2.02. The summed E-state index contributed by atoms with van der Waals surface area (Å²) in [5.41, 5.74) is -0.110. The van der Waals surface area contributed by atoms with E-state index in [1.165, 1.54) is 6.07 Å². The lowest BCUT2D eigenvalue weighted by molar-refractivity contribution is -0.109. The predicted octanol–water partition coefficient (Wildman–Crippen LogP) is 2.97. The van der Waals surface area contributed by atoms with E-state index in [9.17, 15) is 14.7 Å². The molecule has 5 heteroatoms. The smallest absolute Gasteiger partial charge is 0.412 e. The van der Waals surface area contributed by atoms with Gasteiger partial charge in [-0.3, -0.25) is 5.32 Å². The van der Waals surface area contributed by atoms with Crippen LogP contribution < -0.4 is 5.32 Å². The lowest BCUT2D eigenvalue weighted by Crippen LogP contribution is -2.27. The predicted molar refractivity (Wildman–Crippen MR) is 74.9 cm³/mol. The summed E-state index contributed by atoms with van der Waals surface area (Å²) < 4.78 is 5.16. The number of phenols is 1. The molecule has 0 spiro atoms. The average Bonchev–Trinajstić information content (AvgIpc) is 3.10. The van der Waals surface area contributed by atoms with Crippen molar-refractivity contribution in [1.29, 1.82) is 0 Å². The minimum Gasteiger partial charge on any atom is -0.508 e. The van der Waals surface area contributed by atoms with Crippen molar-refractivity contribution in [3.05, 3.63) is 23.8 Å². The van der Waals surface area contributed by atoms with Gasteiger partial charge in [0.2, 0.25) is 0 Å². The normalized spacial score (nSPS) is 16.4. The number of nitrogens with one attached hydrogen (secondary N) is 1. The van der Waals surface area contributed by atoms with E-state index in [0.717, 1.165) is 19.1 Å². The monoisotopic (exact) mass is 277 g/mol. The number of carbonyl (C=O) groups excluding carboxylic acids is 2. The van der Waals surface area contributed by atoms with Crippen molar-refractivity contribution >= 4 is 18.1 Å². The zero-order valence-electron chi connectivity index (χ0n) is 11.9. The molecular formula is C15H19NO4. The summed E-state index contributed by atoms with van der Waals surface area (Å²) in [6, 6.07) is 4.68. The Balaban J connectivity index is 2.16. The third-order valence-corrected chi connectivity index (χ3v) is 3.19. The van der Waals surface area contributed by atoms with Crippen molar-refractivity contribution < 1.29 is 19.4 Å². The van der Waals surface area contributed by atoms with E-state index in [-0.39, 0.29) is 5.75 Å². The maximum absolute atomic E-state index is 11.7. The first-order chi connectivity index (χ1) is 9.26. The van der Waals surface area contributed by atoms with Gasteiger partial charge < -0.3 is 14.6 Å². The Morgan fingerprint density at radius 3 is 2.55 bits per heavy atom. The maximum atomic E-state index is 11.7. The van der Waals surface area contributed by atoms with Crippen molar-refractivity contribution in [1.82, 2.24) is 0 Å². The zero-order valence-corrected chi connectivity index (χ0v) is 11.9. The molecule has 0 saturated heterocycles. The quantitative estimate of drug-likeness (QED) is 0.658. The Morgan fingerprint density at radius 2 is 2.05 bits per heavy atom. The van der Waals surface area contributed by atoms with Gasteiger partial charge in [-0.05, 0) is 51.8 Å². The molecule has 2 rings (SSSR count). The summed E-state index contributed by atoms with van der Waals surface area (Å²) in [5.74, 6) is 0.0735. The molecular weight excluding hydrogens is 258 g/mol. The van der Waals surface area contributed by atoms with E-state index >= 15 is 0 Å². The first-order valence-corrected chi connectivity index (χ1v) is 6.56. The SMILES string of the molecule is CC(C)(C)OC(=O)Nc1ccc(O)c(C2(C=O)CC2)c1. The van der Waals surface area contributed by atoms with E-state index in [1.807, 2.05) is 0 Å². The van der Waals surface area contributed by atoms with Crippen molar-refractivity contribution in [2.45, 2.75) is 44.6 Å². The second-order valence-electron chi connectivity index (χ2n) is 6.13. The summed E-state index contributed by atoms with van der Waals surface area (Å²) in [4.78, 5) is 22.8. The van der Waals surface area contributed by atoms with E-state index in [4.69, 9.17) is 4.74 Å². The summed E-state index contributed by atoms with van der Waals surface area (Å²) in [5, 5.41) is 12.5. The van der Waals surface area contributed by atoms with Crippen LogP contribution in [0.15, 0.2) is 18.2 Å². The molecule has 1 aromatic rings. The Bertz CT molecular complexity index is 541. The van der Waals surface area contributed by atoms with Crippen LogP contribution in [-0.2, 0) is 14.9 Å². The molecule has 1 aliphatic carbocycles. The number of ether oxygens (including phenoxy) is 1. The number of aldehydes is 1. The molecule has 5 nitrogen and oxygen atoms in total. The number of hydrogen-bond donors (Lipinski definition) is 2. The maximum Gasteiger partial charge on any atom is 0.412 e. The van der Waals surface area contributed by atoms with Crippen LogP contribution in [0.2, 0.25) is 0 Å². The number of benzene rings is 1. The van der Waals surface area contributed by atoms with E-state index in [1.54, 1.807) is 32.9 Å². The average molecular weight is 277 g/mol. The first-order valence-electron chi connectivity index (χ1n) is 6.56. The molecule has 1 aromatic carbocycles. The highest BCUT2D eigenvalue weighted by molar-refractivity contribution is 5.86. The minimum atomic E-state index is -0.588. The Kier molecular flexibility index (Phi) is 3.46. The Labute approximate surface area is 117 Å². The van der Waals surface area contributed by atoms with Crippen LogP contribution in [0.25, 0.3) is 0 Å². The van der Waals surface area contributed by atoms with E-state index in [0.29, 0.717) is 11.3 Å².